The zero-order valence-electron chi connectivity index (χ0n) is 16.0. The second-order valence-corrected chi connectivity index (χ2v) is 7.00. The van der Waals surface area contributed by atoms with Gasteiger partial charge in [-0.2, -0.15) is 10.2 Å². The normalized spacial score (nSPS) is 16.4. The van der Waals surface area contributed by atoms with Crippen molar-refractivity contribution in [3.05, 3.63) is 71.1 Å². The lowest BCUT2D eigenvalue weighted by molar-refractivity contribution is 0.183. The van der Waals surface area contributed by atoms with Crippen LogP contribution in [-0.2, 0) is 4.74 Å². The minimum absolute atomic E-state index is 0.0426. The van der Waals surface area contributed by atoms with Crippen LogP contribution < -0.4 is 10.3 Å². The van der Waals surface area contributed by atoms with Crippen molar-refractivity contribution in [2.24, 2.45) is 0 Å². The number of hydrogen-bond donors (Lipinski definition) is 0. The minimum atomic E-state index is -0.125. The molecule has 29 heavy (non-hydrogen) atoms. The summed E-state index contributed by atoms with van der Waals surface area (Å²) in [6.07, 6.45) is 2.65. The number of benzene rings is 1. The number of hydrogen-bond acceptors (Lipinski definition) is 5. The first kappa shape index (κ1) is 17.6. The first-order valence-electron chi connectivity index (χ1n) is 9.54. The number of ether oxygens (including phenoxy) is 2. The van der Waals surface area contributed by atoms with Gasteiger partial charge in [0.25, 0.3) is 5.56 Å². The van der Waals surface area contributed by atoms with Crippen molar-refractivity contribution in [2.75, 3.05) is 20.3 Å². The summed E-state index contributed by atoms with van der Waals surface area (Å²) in [6.45, 7) is 1.15. The van der Waals surface area contributed by atoms with Gasteiger partial charge in [-0.15, -0.1) is 0 Å². The molecule has 0 bridgehead atoms. The molecule has 7 heteroatoms. The van der Waals surface area contributed by atoms with E-state index in [9.17, 15) is 4.79 Å². The van der Waals surface area contributed by atoms with Crippen molar-refractivity contribution in [1.82, 2.24) is 19.4 Å². The fourth-order valence-electron chi connectivity index (χ4n) is 3.74. The van der Waals surface area contributed by atoms with Crippen LogP contribution in [0.25, 0.3) is 28.0 Å². The van der Waals surface area contributed by atoms with Gasteiger partial charge in [-0.25, -0.2) is 9.20 Å². The van der Waals surface area contributed by atoms with E-state index in [1.165, 1.54) is 0 Å². The quantitative estimate of drug-likeness (QED) is 0.537. The van der Waals surface area contributed by atoms with Gasteiger partial charge in [0, 0.05) is 30.5 Å². The monoisotopic (exact) mass is 388 g/mol. The molecule has 146 valence electrons. The highest BCUT2D eigenvalue weighted by molar-refractivity contribution is 5.91. The zero-order valence-corrected chi connectivity index (χ0v) is 16.0. The van der Waals surface area contributed by atoms with Gasteiger partial charge in [0.1, 0.15) is 11.4 Å². The van der Waals surface area contributed by atoms with Crippen molar-refractivity contribution < 1.29 is 9.47 Å². The molecule has 0 unspecified atom stereocenters. The summed E-state index contributed by atoms with van der Waals surface area (Å²) >= 11 is 0. The Morgan fingerprint density at radius 3 is 2.72 bits per heavy atom. The number of pyridine rings is 1. The molecule has 1 fully saturated rings. The molecular formula is C22H20N4O3. The zero-order chi connectivity index (χ0) is 19.8. The number of fused-ring (bicyclic) bond motifs is 1. The van der Waals surface area contributed by atoms with Gasteiger partial charge < -0.3 is 9.47 Å². The van der Waals surface area contributed by atoms with E-state index in [4.69, 9.17) is 19.7 Å². The van der Waals surface area contributed by atoms with Gasteiger partial charge in [0.15, 0.2) is 0 Å². The Labute approximate surface area is 167 Å². The van der Waals surface area contributed by atoms with Crippen molar-refractivity contribution in [1.29, 1.82) is 0 Å². The van der Waals surface area contributed by atoms with E-state index in [0.717, 1.165) is 34.5 Å². The van der Waals surface area contributed by atoms with Crippen LogP contribution in [0.15, 0.2) is 65.6 Å². The Bertz CT molecular complexity index is 1220. The van der Waals surface area contributed by atoms with Gasteiger partial charge in [-0.05, 0) is 18.6 Å². The van der Waals surface area contributed by atoms with Crippen molar-refractivity contribution in [3.8, 4) is 28.3 Å². The lowest BCUT2D eigenvalue weighted by atomic mass is 10.0. The van der Waals surface area contributed by atoms with Gasteiger partial charge in [-0.3, -0.25) is 4.79 Å². The molecule has 4 aromatic rings. The van der Waals surface area contributed by atoms with Crippen LogP contribution in [0.4, 0.5) is 0 Å². The Morgan fingerprint density at radius 1 is 1.10 bits per heavy atom. The van der Waals surface area contributed by atoms with E-state index in [0.29, 0.717) is 18.9 Å². The molecule has 0 saturated carbocycles. The molecule has 0 spiro atoms. The predicted molar refractivity (Wildman–Crippen MR) is 109 cm³/mol. The summed E-state index contributed by atoms with van der Waals surface area (Å²) in [5.74, 6) is 0.732. The maximum absolute atomic E-state index is 12.5. The Balaban J connectivity index is 1.77. The Kier molecular flexibility index (Phi) is 4.37. The first-order chi connectivity index (χ1) is 14.2. The van der Waals surface area contributed by atoms with Crippen molar-refractivity contribution >= 4 is 5.52 Å². The van der Waals surface area contributed by atoms with E-state index in [2.05, 4.69) is 0 Å². The van der Waals surface area contributed by atoms with Crippen LogP contribution in [0.1, 0.15) is 12.5 Å². The molecule has 0 amide bonds. The molecule has 1 aliphatic rings. The van der Waals surface area contributed by atoms with Crippen LogP contribution in [-0.4, -0.2) is 39.7 Å². The van der Waals surface area contributed by atoms with E-state index in [1.54, 1.807) is 23.9 Å². The summed E-state index contributed by atoms with van der Waals surface area (Å²) in [5.41, 5.74) is 4.08. The fraction of sp³-hybridized carbons (Fsp3) is 0.227. The number of rotatable bonds is 4. The molecular weight excluding hydrogens is 368 g/mol. The molecule has 4 heterocycles. The average molecular weight is 388 g/mol. The number of methoxy groups -OCH3 is 1. The third-order valence-electron chi connectivity index (χ3n) is 5.22. The molecule has 0 N–H and O–H groups in total. The van der Waals surface area contributed by atoms with E-state index in [-0.39, 0.29) is 11.6 Å². The molecule has 0 aliphatic carbocycles. The molecule has 3 aromatic heterocycles. The highest BCUT2D eigenvalue weighted by atomic mass is 16.5. The topological polar surface area (TPSA) is 70.7 Å². The Morgan fingerprint density at radius 2 is 1.97 bits per heavy atom. The Hall–Kier alpha value is -3.45. The number of aromatic nitrogens is 4. The largest absolute Gasteiger partial charge is 0.497 e. The van der Waals surface area contributed by atoms with Gasteiger partial charge >= 0.3 is 0 Å². The first-order valence-corrected chi connectivity index (χ1v) is 9.54. The molecule has 7 nitrogen and oxygen atoms in total. The van der Waals surface area contributed by atoms with Crippen LogP contribution in [0.5, 0.6) is 5.75 Å². The summed E-state index contributed by atoms with van der Waals surface area (Å²) in [7, 11) is 1.64. The summed E-state index contributed by atoms with van der Waals surface area (Å²) in [6, 6.07) is 17.1. The standard InChI is InChI=1S/C22H20N4O3/c1-28-17-9-11-25-19(13-17)21(22(24-25)15-5-3-2-4-6-15)18-7-8-20(27)26(23-18)16-10-12-29-14-16/h2-9,11,13,16H,10,12,14H2,1H3/t16-/m1/s1. The van der Waals surface area contributed by atoms with Gasteiger partial charge in [0.05, 0.1) is 36.5 Å². The van der Waals surface area contributed by atoms with E-state index >= 15 is 0 Å². The molecule has 1 aromatic carbocycles. The van der Waals surface area contributed by atoms with Gasteiger partial charge in [0.2, 0.25) is 0 Å². The molecule has 0 radical (unpaired) electrons. The summed E-state index contributed by atoms with van der Waals surface area (Å²) < 4.78 is 14.2. The summed E-state index contributed by atoms with van der Waals surface area (Å²) in [5, 5.41) is 9.51. The van der Waals surface area contributed by atoms with E-state index in [1.807, 2.05) is 53.2 Å². The lowest BCUT2D eigenvalue weighted by Crippen LogP contribution is -2.27. The van der Waals surface area contributed by atoms with Gasteiger partial charge in [-0.1, -0.05) is 30.3 Å². The van der Waals surface area contributed by atoms with Crippen LogP contribution >= 0.6 is 0 Å². The summed E-state index contributed by atoms with van der Waals surface area (Å²) in [4.78, 5) is 12.5. The highest BCUT2D eigenvalue weighted by Crippen LogP contribution is 2.35. The predicted octanol–water partition coefficient (Wildman–Crippen LogP) is 3.20. The molecule has 5 rings (SSSR count). The maximum atomic E-state index is 12.5. The number of nitrogens with zero attached hydrogens (tertiary/aromatic N) is 4. The van der Waals surface area contributed by atoms with E-state index < -0.39 is 0 Å². The maximum Gasteiger partial charge on any atom is 0.267 e. The molecule has 1 saturated heterocycles. The molecule has 1 atom stereocenters. The fourth-order valence-corrected chi connectivity index (χ4v) is 3.74. The highest BCUT2D eigenvalue weighted by Gasteiger charge is 2.23. The molecule has 1 aliphatic heterocycles. The van der Waals surface area contributed by atoms with Crippen LogP contribution in [0, 0.1) is 0 Å². The smallest absolute Gasteiger partial charge is 0.267 e. The average Bonchev–Trinajstić information content (AvgIpc) is 3.42. The van der Waals surface area contributed by atoms with Crippen molar-refractivity contribution in [3.63, 3.8) is 0 Å². The van der Waals surface area contributed by atoms with Crippen LogP contribution in [0.3, 0.4) is 0 Å². The second kappa shape index (κ2) is 7.18. The second-order valence-electron chi connectivity index (χ2n) is 7.00. The third kappa shape index (κ3) is 3.09. The lowest BCUT2D eigenvalue weighted by Gasteiger charge is -2.12. The van der Waals surface area contributed by atoms with Crippen LogP contribution in [0.2, 0.25) is 0 Å². The third-order valence-corrected chi connectivity index (χ3v) is 5.22. The SMILES string of the molecule is COc1ccn2nc(-c3ccccc3)c(-c3ccc(=O)n([C@@H]4CCOC4)n3)c2c1. The minimum Gasteiger partial charge on any atom is -0.497 e. The van der Waals surface area contributed by atoms with Crippen molar-refractivity contribution in [2.45, 2.75) is 12.5 Å².